The first-order valence-electron chi connectivity index (χ1n) is 16.0. The molecule has 0 bridgehead atoms. The zero-order valence-electron chi connectivity index (χ0n) is 26.5. The summed E-state index contributed by atoms with van der Waals surface area (Å²) in [6.45, 7) is 1.59. The van der Waals surface area contributed by atoms with E-state index in [4.69, 9.17) is 27.9 Å². The lowest BCUT2D eigenvalue weighted by atomic mass is 10.1. The summed E-state index contributed by atoms with van der Waals surface area (Å²) in [6, 6.07) is 39.5. The first-order chi connectivity index (χ1) is 23.4. The van der Waals surface area contributed by atoms with Crippen LogP contribution in [0.5, 0.6) is 0 Å². The molecule has 0 amide bonds. The van der Waals surface area contributed by atoms with E-state index in [-0.39, 0.29) is 24.1 Å². The monoisotopic (exact) mass is 693 g/mol. The lowest BCUT2D eigenvalue weighted by molar-refractivity contribution is -0.245. The fraction of sp³-hybridized carbons (Fsp3) is 0.351. The molecular formula is C37H41O9S2+. The van der Waals surface area contributed by atoms with E-state index < -0.39 is 39.8 Å². The maximum Gasteiger partial charge on any atom is 0.397 e. The lowest BCUT2D eigenvalue weighted by Crippen LogP contribution is -2.48. The summed E-state index contributed by atoms with van der Waals surface area (Å²) in [5, 5.41) is -0.0915. The summed E-state index contributed by atoms with van der Waals surface area (Å²) in [5.41, 5.74) is 3.98. The summed E-state index contributed by atoms with van der Waals surface area (Å²) in [6.07, 6.45) is -3.02. The highest BCUT2D eigenvalue weighted by atomic mass is 32.3. The fourth-order valence-electron chi connectivity index (χ4n) is 5.97. The molecule has 2 fully saturated rings. The Balaban J connectivity index is 1.26. The Labute approximate surface area is 285 Å². The van der Waals surface area contributed by atoms with Crippen LogP contribution < -0.4 is 0 Å². The Morgan fingerprint density at radius 3 is 1.83 bits per heavy atom. The maximum absolute atomic E-state index is 11.9. The Hall–Kier alpha value is -3.10. The van der Waals surface area contributed by atoms with Crippen LogP contribution in [0, 0.1) is 0 Å². The second-order valence-corrected chi connectivity index (χ2v) is 15.2. The van der Waals surface area contributed by atoms with Gasteiger partial charge < -0.3 is 23.7 Å². The smallest absolute Gasteiger partial charge is 0.371 e. The predicted molar refractivity (Wildman–Crippen MR) is 183 cm³/mol. The molecule has 2 heterocycles. The molecular weight excluding hydrogens is 653 g/mol. The number of hydrogen-bond acceptors (Lipinski definition) is 8. The highest BCUT2D eigenvalue weighted by molar-refractivity contribution is 7.97. The van der Waals surface area contributed by atoms with Crippen molar-refractivity contribution >= 4 is 21.3 Å². The summed E-state index contributed by atoms with van der Waals surface area (Å²) in [5.74, 6) is 1.09. The van der Waals surface area contributed by atoms with Gasteiger partial charge in [-0.3, -0.25) is 4.55 Å². The van der Waals surface area contributed by atoms with Crippen molar-refractivity contribution in [3.8, 4) is 0 Å². The minimum absolute atomic E-state index is 0.0712. The summed E-state index contributed by atoms with van der Waals surface area (Å²) in [7, 11) is -5.19. The standard InChI is InChI=1S/C37H40O9S2/c38-48(39,40)46-32-24-44-37(31-19-11-4-12-20-31)45-33(32)26-47-27-34(42-22-29-15-7-2-8-16-29)36(43-23-30-17-9-3-10-18-30)35(47)25-41-21-28-13-5-1-6-14-28/h1-20,32-37H,21-27H2/p+1/t32-,33+,34-,35-,36+,37?,47?/m1/s1. The van der Waals surface area contributed by atoms with E-state index >= 15 is 0 Å². The number of ether oxygens (including phenoxy) is 5. The van der Waals surface area contributed by atoms with Crippen LogP contribution in [0.25, 0.3) is 0 Å². The van der Waals surface area contributed by atoms with Crippen molar-refractivity contribution in [2.45, 2.75) is 55.8 Å². The molecule has 2 aliphatic rings. The Kier molecular flexibility index (Phi) is 12.3. The molecule has 6 rings (SSSR count). The van der Waals surface area contributed by atoms with Gasteiger partial charge in [-0.2, -0.15) is 8.42 Å². The number of rotatable bonds is 15. The molecule has 0 spiro atoms. The SMILES string of the molecule is O=S(=O)(O)O[C@@H]1COC(c2ccccc2)O[C@H]1C[S+]1C[C@@H](OCc2ccccc2)[C@H](OCc2ccccc2)[C@H]1COCc1ccccc1. The Morgan fingerprint density at radius 1 is 0.708 bits per heavy atom. The van der Waals surface area contributed by atoms with Crippen LogP contribution in [0.1, 0.15) is 28.5 Å². The molecule has 2 unspecified atom stereocenters. The minimum Gasteiger partial charge on any atom is -0.371 e. The molecule has 11 heteroatoms. The molecule has 254 valence electrons. The molecule has 7 atom stereocenters. The topological polar surface area (TPSA) is 110 Å². The summed E-state index contributed by atoms with van der Waals surface area (Å²) >= 11 is 0. The molecule has 1 N–H and O–H groups in total. The lowest BCUT2D eigenvalue weighted by Gasteiger charge is -2.35. The van der Waals surface area contributed by atoms with Crippen molar-refractivity contribution in [1.82, 2.24) is 0 Å². The predicted octanol–water partition coefficient (Wildman–Crippen LogP) is 5.68. The normalized spacial score (nSPS) is 26.0. The van der Waals surface area contributed by atoms with Gasteiger partial charge >= 0.3 is 10.4 Å². The van der Waals surface area contributed by atoms with Crippen molar-refractivity contribution in [3.05, 3.63) is 144 Å². The molecule has 0 saturated carbocycles. The zero-order valence-corrected chi connectivity index (χ0v) is 28.1. The molecule has 2 aliphatic heterocycles. The Morgan fingerprint density at radius 2 is 1.25 bits per heavy atom. The van der Waals surface area contributed by atoms with E-state index in [0.717, 1.165) is 22.3 Å². The third-order valence-electron chi connectivity index (χ3n) is 8.35. The van der Waals surface area contributed by atoms with E-state index in [1.54, 1.807) is 0 Å². The second kappa shape index (κ2) is 17.0. The number of benzene rings is 4. The van der Waals surface area contributed by atoms with E-state index in [1.165, 1.54) is 0 Å². The second-order valence-electron chi connectivity index (χ2n) is 11.8. The molecule has 2 saturated heterocycles. The van der Waals surface area contributed by atoms with Gasteiger partial charge in [0.05, 0.1) is 33.0 Å². The minimum atomic E-state index is -4.76. The average molecular weight is 694 g/mol. The van der Waals surface area contributed by atoms with Crippen LogP contribution in [0.3, 0.4) is 0 Å². The van der Waals surface area contributed by atoms with Gasteiger partial charge in [-0.05, 0) is 16.7 Å². The fourth-order valence-corrected chi connectivity index (χ4v) is 9.44. The van der Waals surface area contributed by atoms with Crippen LogP contribution in [0.15, 0.2) is 121 Å². The molecule has 0 aromatic heterocycles. The quantitative estimate of drug-likeness (QED) is 0.124. The highest BCUT2D eigenvalue weighted by Gasteiger charge is 2.55. The molecule has 0 aliphatic carbocycles. The molecule has 4 aromatic rings. The summed E-state index contributed by atoms with van der Waals surface area (Å²) < 4.78 is 70.4. The number of hydrogen-bond donors (Lipinski definition) is 1. The van der Waals surface area contributed by atoms with Crippen molar-refractivity contribution in [2.75, 3.05) is 24.7 Å². The zero-order chi connectivity index (χ0) is 33.2. The van der Waals surface area contributed by atoms with Gasteiger partial charge in [0.1, 0.15) is 35.9 Å². The third-order valence-corrected chi connectivity index (χ3v) is 11.6. The van der Waals surface area contributed by atoms with Crippen LogP contribution >= 0.6 is 0 Å². The van der Waals surface area contributed by atoms with Crippen molar-refractivity contribution in [2.24, 2.45) is 0 Å². The van der Waals surface area contributed by atoms with Gasteiger partial charge in [0.15, 0.2) is 11.5 Å². The van der Waals surface area contributed by atoms with Crippen LogP contribution in [-0.2, 0) is 69.0 Å². The molecule has 48 heavy (non-hydrogen) atoms. The average Bonchev–Trinajstić information content (AvgIpc) is 3.43. The first kappa shape index (κ1) is 34.8. The first-order valence-corrected chi connectivity index (χ1v) is 19.0. The van der Waals surface area contributed by atoms with Gasteiger partial charge in [0, 0.05) is 16.5 Å². The van der Waals surface area contributed by atoms with Crippen molar-refractivity contribution in [3.63, 3.8) is 0 Å². The van der Waals surface area contributed by atoms with Crippen LogP contribution in [0.2, 0.25) is 0 Å². The van der Waals surface area contributed by atoms with Crippen LogP contribution in [-0.4, -0.2) is 67.4 Å². The summed E-state index contributed by atoms with van der Waals surface area (Å²) in [4.78, 5) is 0. The van der Waals surface area contributed by atoms with Gasteiger partial charge in [-0.25, -0.2) is 4.18 Å². The van der Waals surface area contributed by atoms with Gasteiger partial charge in [-0.15, -0.1) is 0 Å². The largest absolute Gasteiger partial charge is 0.397 e. The van der Waals surface area contributed by atoms with E-state index in [0.29, 0.717) is 37.9 Å². The van der Waals surface area contributed by atoms with Gasteiger partial charge in [0.2, 0.25) is 0 Å². The van der Waals surface area contributed by atoms with Gasteiger partial charge in [0.25, 0.3) is 0 Å². The van der Waals surface area contributed by atoms with E-state index in [9.17, 15) is 13.0 Å². The van der Waals surface area contributed by atoms with Crippen molar-refractivity contribution < 1.29 is 40.8 Å². The molecule has 0 radical (unpaired) electrons. The van der Waals surface area contributed by atoms with Crippen molar-refractivity contribution in [1.29, 1.82) is 0 Å². The van der Waals surface area contributed by atoms with E-state index in [2.05, 4.69) is 0 Å². The maximum atomic E-state index is 11.9. The highest BCUT2D eigenvalue weighted by Crippen LogP contribution is 2.35. The molecule has 9 nitrogen and oxygen atoms in total. The van der Waals surface area contributed by atoms with Crippen LogP contribution in [0.4, 0.5) is 0 Å². The Bertz CT molecular complexity index is 1630. The third kappa shape index (κ3) is 9.97. The van der Waals surface area contributed by atoms with E-state index in [1.807, 2.05) is 121 Å². The molecule has 4 aromatic carbocycles. The van der Waals surface area contributed by atoms with Gasteiger partial charge in [-0.1, -0.05) is 121 Å².